The summed E-state index contributed by atoms with van der Waals surface area (Å²) in [5, 5.41) is 0. The number of hydrogen-bond acceptors (Lipinski definition) is 4. The summed E-state index contributed by atoms with van der Waals surface area (Å²) in [6, 6.07) is 0. The quantitative estimate of drug-likeness (QED) is 0.502. The molecule has 5 heteroatoms. The van der Waals surface area contributed by atoms with Crippen LogP contribution >= 0.6 is 0 Å². The van der Waals surface area contributed by atoms with Crippen molar-refractivity contribution in [3.05, 3.63) is 0 Å². The molecule has 1 aliphatic heterocycles. The van der Waals surface area contributed by atoms with E-state index in [0.29, 0.717) is 6.61 Å². The lowest BCUT2D eigenvalue weighted by Gasteiger charge is -1.91. The van der Waals surface area contributed by atoms with Crippen molar-refractivity contribution < 1.29 is 17.9 Å². The predicted octanol–water partition coefficient (Wildman–Crippen LogP) is -1.00. The monoisotopic (exact) mass is 164 g/mol. The van der Waals surface area contributed by atoms with E-state index >= 15 is 0 Å². The van der Waals surface area contributed by atoms with E-state index in [4.69, 9.17) is 0 Å². The third-order valence-corrected chi connectivity index (χ3v) is 1.91. The second kappa shape index (κ2) is 2.32. The fourth-order valence-corrected chi connectivity index (χ4v) is 1.29. The van der Waals surface area contributed by atoms with Gasteiger partial charge in [0.05, 0.1) is 6.61 Å². The number of ether oxygens (including phenoxy) is 1. The van der Waals surface area contributed by atoms with Crippen LogP contribution in [0.5, 0.6) is 0 Å². The Bertz CT molecular complexity index is 236. The van der Waals surface area contributed by atoms with Crippen LogP contribution in [0, 0.1) is 0 Å². The molecule has 0 bridgehead atoms. The van der Waals surface area contributed by atoms with Crippen LogP contribution in [-0.2, 0) is 19.4 Å². The van der Waals surface area contributed by atoms with E-state index in [2.05, 4.69) is 4.74 Å². The van der Waals surface area contributed by atoms with Gasteiger partial charge < -0.3 is 4.74 Å². The molecule has 0 saturated carbocycles. The zero-order valence-corrected chi connectivity index (χ0v) is 6.35. The highest BCUT2D eigenvalue weighted by Crippen LogP contribution is 2.10. The predicted molar refractivity (Wildman–Crippen MR) is 34.5 cm³/mol. The smallest absolute Gasteiger partial charge is 0.178 e. The zero-order chi connectivity index (χ0) is 7.78. The number of sulfone groups is 1. The number of carbonyl (C=O) groups is 1. The van der Waals surface area contributed by atoms with Gasteiger partial charge in [-0.15, -0.1) is 0 Å². The average Bonchev–Trinajstić information content (AvgIpc) is 2.35. The Balaban J connectivity index is 2.45. The summed E-state index contributed by atoms with van der Waals surface area (Å²) in [6.45, 7) is 0.383. The van der Waals surface area contributed by atoms with Gasteiger partial charge in [0.2, 0.25) is 0 Å². The Kier molecular flexibility index (Phi) is 1.78. The average molecular weight is 164 g/mol. The first-order valence-electron chi connectivity index (χ1n) is 2.81. The lowest BCUT2D eigenvalue weighted by Crippen LogP contribution is -2.18. The summed E-state index contributed by atoms with van der Waals surface area (Å²) in [5.41, 5.74) is 0. The van der Waals surface area contributed by atoms with E-state index < -0.39 is 21.7 Å². The summed E-state index contributed by atoms with van der Waals surface area (Å²) in [7, 11) is -3.16. The van der Waals surface area contributed by atoms with Gasteiger partial charge in [0.1, 0.15) is 11.9 Å². The highest BCUT2D eigenvalue weighted by molar-refractivity contribution is 7.91. The van der Waals surface area contributed by atoms with Gasteiger partial charge in [0.25, 0.3) is 0 Å². The number of epoxide rings is 1. The maximum atomic E-state index is 10.7. The number of Topliss-reactive ketones (excluding diaryl/α,β-unsaturated/α-hetero) is 1. The highest BCUT2D eigenvalue weighted by Gasteiger charge is 2.32. The standard InChI is InChI=1S/C5H8O4S/c1-10(7,8)3-4(6)5-2-9-5/h5H,2-3H2,1H3. The first-order valence-corrected chi connectivity index (χ1v) is 4.87. The Morgan fingerprint density at radius 3 is 2.50 bits per heavy atom. The molecular weight excluding hydrogens is 156 g/mol. The van der Waals surface area contributed by atoms with Gasteiger partial charge in [0, 0.05) is 6.26 Å². The molecule has 0 aromatic heterocycles. The topological polar surface area (TPSA) is 63.7 Å². The molecule has 1 heterocycles. The van der Waals surface area contributed by atoms with Crippen molar-refractivity contribution in [1.29, 1.82) is 0 Å². The largest absolute Gasteiger partial charge is 0.365 e. The zero-order valence-electron chi connectivity index (χ0n) is 5.53. The van der Waals surface area contributed by atoms with Gasteiger partial charge in [0.15, 0.2) is 15.6 Å². The van der Waals surface area contributed by atoms with E-state index in [0.717, 1.165) is 6.26 Å². The van der Waals surface area contributed by atoms with Crippen LogP contribution in [0.1, 0.15) is 0 Å². The molecule has 0 aromatic rings. The van der Waals surface area contributed by atoms with Crippen LogP contribution in [0.25, 0.3) is 0 Å². The summed E-state index contributed by atoms with van der Waals surface area (Å²) in [5.74, 6) is -0.722. The third-order valence-electron chi connectivity index (χ3n) is 1.10. The molecule has 58 valence electrons. The Morgan fingerprint density at radius 2 is 2.20 bits per heavy atom. The van der Waals surface area contributed by atoms with Crippen molar-refractivity contribution in [1.82, 2.24) is 0 Å². The Labute approximate surface area is 59.1 Å². The minimum atomic E-state index is -3.16. The molecule has 0 N–H and O–H groups in total. The van der Waals surface area contributed by atoms with E-state index in [1.165, 1.54) is 0 Å². The molecule has 0 spiro atoms. The molecule has 0 aliphatic carbocycles. The highest BCUT2D eigenvalue weighted by atomic mass is 32.2. The molecular formula is C5H8O4S. The molecule has 1 rings (SSSR count). The van der Waals surface area contributed by atoms with E-state index in [9.17, 15) is 13.2 Å². The molecule has 1 unspecified atom stereocenters. The molecule has 1 saturated heterocycles. The van der Waals surface area contributed by atoms with E-state index in [-0.39, 0.29) is 5.78 Å². The lowest BCUT2D eigenvalue weighted by molar-refractivity contribution is -0.117. The van der Waals surface area contributed by atoms with Crippen molar-refractivity contribution in [2.24, 2.45) is 0 Å². The van der Waals surface area contributed by atoms with Crippen LogP contribution in [0.4, 0.5) is 0 Å². The lowest BCUT2D eigenvalue weighted by atomic mass is 10.3. The van der Waals surface area contributed by atoms with Gasteiger partial charge in [-0.25, -0.2) is 8.42 Å². The first-order chi connectivity index (χ1) is 4.49. The van der Waals surface area contributed by atoms with Gasteiger partial charge >= 0.3 is 0 Å². The molecule has 4 nitrogen and oxygen atoms in total. The van der Waals surface area contributed by atoms with Gasteiger partial charge in [-0.2, -0.15) is 0 Å². The fraction of sp³-hybridized carbons (Fsp3) is 0.800. The van der Waals surface area contributed by atoms with Crippen molar-refractivity contribution in [2.45, 2.75) is 6.10 Å². The second-order valence-corrected chi connectivity index (χ2v) is 4.50. The maximum Gasteiger partial charge on any atom is 0.178 e. The fourth-order valence-electron chi connectivity index (χ4n) is 0.585. The summed E-state index contributed by atoms with van der Waals surface area (Å²) in [6.07, 6.45) is 0.600. The van der Waals surface area contributed by atoms with Gasteiger partial charge in [-0.1, -0.05) is 0 Å². The molecule has 0 amide bonds. The Morgan fingerprint density at radius 1 is 1.70 bits per heavy atom. The summed E-state index contributed by atoms with van der Waals surface area (Å²) < 4.78 is 25.6. The maximum absolute atomic E-state index is 10.7. The second-order valence-electron chi connectivity index (χ2n) is 2.36. The third kappa shape index (κ3) is 2.45. The van der Waals surface area contributed by atoms with E-state index in [1.807, 2.05) is 0 Å². The van der Waals surface area contributed by atoms with Gasteiger partial charge in [-0.3, -0.25) is 4.79 Å². The van der Waals surface area contributed by atoms with E-state index in [1.54, 1.807) is 0 Å². The minimum absolute atomic E-state index is 0.331. The Hall–Kier alpha value is -0.420. The number of hydrogen-bond donors (Lipinski definition) is 0. The van der Waals surface area contributed by atoms with Crippen LogP contribution in [-0.4, -0.2) is 38.9 Å². The van der Waals surface area contributed by atoms with Gasteiger partial charge in [-0.05, 0) is 0 Å². The molecule has 1 aliphatic rings. The van der Waals surface area contributed by atoms with Crippen LogP contribution in [0.15, 0.2) is 0 Å². The van der Waals surface area contributed by atoms with Crippen LogP contribution in [0.3, 0.4) is 0 Å². The number of rotatable bonds is 3. The normalized spacial score (nSPS) is 24.3. The van der Waals surface area contributed by atoms with Crippen LogP contribution < -0.4 is 0 Å². The molecule has 1 fully saturated rings. The molecule has 10 heavy (non-hydrogen) atoms. The molecule has 1 atom stereocenters. The first kappa shape index (κ1) is 7.68. The molecule has 0 aromatic carbocycles. The SMILES string of the molecule is CS(=O)(=O)CC(=O)C1CO1. The van der Waals surface area contributed by atoms with Crippen molar-refractivity contribution >= 4 is 15.6 Å². The van der Waals surface area contributed by atoms with Crippen molar-refractivity contribution in [2.75, 3.05) is 18.6 Å². The van der Waals surface area contributed by atoms with Crippen LogP contribution in [0.2, 0.25) is 0 Å². The van der Waals surface area contributed by atoms with Crippen molar-refractivity contribution in [3.8, 4) is 0 Å². The number of ketones is 1. The van der Waals surface area contributed by atoms with Crippen molar-refractivity contribution in [3.63, 3.8) is 0 Å². The molecule has 0 radical (unpaired) electrons. The summed E-state index contributed by atoms with van der Waals surface area (Å²) in [4.78, 5) is 10.7. The number of carbonyl (C=O) groups excluding carboxylic acids is 1. The minimum Gasteiger partial charge on any atom is -0.365 e. The summed E-state index contributed by atoms with van der Waals surface area (Å²) >= 11 is 0.